The van der Waals surface area contributed by atoms with Crippen molar-refractivity contribution in [2.45, 2.75) is 13.8 Å². The topological polar surface area (TPSA) is 61.4 Å². The maximum absolute atomic E-state index is 13.0. The fraction of sp³-hybridized carbons (Fsp3) is 0.263. The molecule has 2 aromatic rings. The second kappa shape index (κ2) is 8.78. The molecule has 0 saturated carbocycles. The first-order chi connectivity index (χ1) is 12.3. The van der Waals surface area contributed by atoms with Gasteiger partial charge in [-0.2, -0.15) is 0 Å². The summed E-state index contributed by atoms with van der Waals surface area (Å²) in [5.74, 6) is -1.04. The number of anilines is 2. The average molecular weight is 378 g/mol. The molecule has 2 rings (SSSR count). The van der Waals surface area contributed by atoms with E-state index in [1.165, 1.54) is 12.1 Å². The van der Waals surface area contributed by atoms with E-state index >= 15 is 0 Å². The van der Waals surface area contributed by atoms with Crippen molar-refractivity contribution in [1.29, 1.82) is 0 Å². The Morgan fingerprint density at radius 2 is 1.62 bits per heavy atom. The zero-order valence-electron chi connectivity index (χ0n) is 14.9. The molecule has 0 aromatic heterocycles. The summed E-state index contributed by atoms with van der Waals surface area (Å²) in [5, 5.41) is 5.59. The Morgan fingerprint density at radius 3 is 2.19 bits per heavy atom. The number of rotatable bonds is 6. The highest BCUT2D eigenvalue weighted by atomic mass is 35.5. The first kappa shape index (κ1) is 19.9. The number of halogens is 2. The molecule has 5 nitrogen and oxygen atoms in total. The summed E-state index contributed by atoms with van der Waals surface area (Å²) in [6.07, 6.45) is 0. The highest BCUT2D eigenvalue weighted by Crippen LogP contribution is 2.22. The van der Waals surface area contributed by atoms with Gasteiger partial charge in [0.1, 0.15) is 5.82 Å². The van der Waals surface area contributed by atoms with Gasteiger partial charge in [0.25, 0.3) is 0 Å². The van der Waals surface area contributed by atoms with Gasteiger partial charge in [-0.3, -0.25) is 14.5 Å². The summed E-state index contributed by atoms with van der Waals surface area (Å²) in [6.45, 7) is 3.89. The molecular formula is C19H21ClFN3O2. The minimum Gasteiger partial charge on any atom is -0.324 e. The number of carbonyl (C=O) groups excluding carboxylic acids is 2. The van der Waals surface area contributed by atoms with E-state index in [4.69, 9.17) is 11.6 Å². The molecule has 138 valence electrons. The normalized spacial score (nSPS) is 10.7. The fourth-order valence-electron chi connectivity index (χ4n) is 2.52. The highest BCUT2D eigenvalue weighted by molar-refractivity contribution is 6.33. The Bertz CT molecular complexity index is 806. The molecule has 2 amide bonds. The molecule has 2 aromatic carbocycles. The van der Waals surface area contributed by atoms with Crippen molar-refractivity contribution in [3.05, 3.63) is 58.4 Å². The van der Waals surface area contributed by atoms with Crippen LogP contribution < -0.4 is 10.6 Å². The van der Waals surface area contributed by atoms with E-state index in [1.807, 2.05) is 32.0 Å². The lowest BCUT2D eigenvalue weighted by Crippen LogP contribution is -2.36. The van der Waals surface area contributed by atoms with E-state index in [-0.39, 0.29) is 29.9 Å². The molecule has 0 aliphatic rings. The summed E-state index contributed by atoms with van der Waals surface area (Å²) in [4.78, 5) is 25.9. The molecule has 2 N–H and O–H groups in total. The van der Waals surface area contributed by atoms with E-state index in [9.17, 15) is 14.0 Å². The van der Waals surface area contributed by atoms with Crippen LogP contribution in [0.2, 0.25) is 5.02 Å². The lowest BCUT2D eigenvalue weighted by molar-refractivity contribution is -0.119. The minimum atomic E-state index is -0.478. The van der Waals surface area contributed by atoms with Gasteiger partial charge in [-0.05, 0) is 50.2 Å². The number of nitrogens with zero attached hydrogens (tertiary/aromatic N) is 1. The molecule has 0 atom stereocenters. The Balaban J connectivity index is 1.88. The average Bonchev–Trinajstić information content (AvgIpc) is 2.53. The van der Waals surface area contributed by atoms with Gasteiger partial charge in [-0.15, -0.1) is 0 Å². The molecule has 0 saturated heterocycles. The standard InChI is InChI=1S/C19H21ClFN3O2/c1-12-5-4-6-13(2)19(12)23-18(26)11-24(3)10-17(25)22-16-8-7-14(21)9-15(16)20/h4-9H,10-11H2,1-3H3,(H,22,25)(H,23,26). The smallest absolute Gasteiger partial charge is 0.238 e. The fourth-order valence-corrected chi connectivity index (χ4v) is 2.73. The van der Waals surface area contributed by atoms with E-state index in [1.54, 1.807) is 11.9 Å². The lowest BCUT2D eigenvalue weighted by Gasteiger charge is -2.17. The van der Waals surface area contributed by atoms with Crippen LogP contribution in [0, 0.1) is 19.7 Å². The lowest BCUT2D eigenvalue weighted by atomic mass is 10.1. The third-order valence-corrected chi connectivity index (χ3v) is 4.09. The number of hydrogen-bond donors (Lipinski definition) is 2. The number of carbonyl (C=O) groups is 2. The molecule has 0 aliphatic carbocycles. The number of likely N-dealkylation sites (N-methyl/N-ethyl adjacent to an activating group) is 1. The maximum Gasteiger partial charge on any atom is 0.238 e. The third kappa shape index (κ3) is 5.54. The van der Waals surface area contributed by atoms with Crippen LogP contribution in [-0.2, 0) is 9.59 Å². The van der Waals surface area contributed by atoms with Gasteiger partial charge in [0.15, 0.2) is 0 Å². The van der Waals surface area contributed by atoms with E-state index in [2.05, 4.69) is 10.6 Å². The predicted molar refractivity (Wildman–Crippen MR) is 102 cm³/mol. The van der Waals surface area contributed by atoms with Gasteiger partial charge >= 0.3 is 0 Å². The largest absolute Gasteiger partial charge is 0.324 e. The van der Waals surface area contributed by atoms with Crippen molar-refractivity contribution in [3.63, 3.8) is 0 Å². The van der Waals surface area contributed by atoms with Crippen molar-refractivity contribution in [2.75, 3.05) is 30.8 Å². The van der Waals surface area contributed by atoms with Gasteiger partial charge in [-0.25, -0.2) is 4.39 Å². The Kier molecular flexibility index (Phi) is 6.71. The minimum absolute atomic E-state index is 0.00607. The first-order valence-corrected chi connectivity index (χ1v) is 8.43. The number of hydrogen-bond acceptors (Lipinski definition) is 3. The van der Waals surface area contributed by atoms with Gasteiger partial charge in [0, 0.05) is 5.69 Å². The van der Waals surface area contributed by atoms with Crippen LogP contribution in [0.5, 0.6) is 0 Å². The molecule has 0 fully saturated rings. The van der Waals surface area contributed by atoms with Crippen LogP contribution in [0.15, 0.2) is 36.4 Å². The molecule has 26 heavy (non-hydrogen) atoms. The van der Waals surface area contributed by atoms with E-state index in [0.29, 0.717) is 5.69 Å². The number of amides is 2. The summed E-state index contributed by atoms with van der Waals surface area (Å²) < 4.78 is 13.0. The quantitative estimate of drug-likeness (QED) is 0.808. The second-order valence-electron chi connectivity index (χ2n) is 6.16. The van der Waals surface area contributed by atoms with Crippen LogP contribution in [0.4, 0.5) is 15.8 Å². The molecule has 7 heteroatoms. The monoisotopic (exact) mass is 377 g/mol. The zero-order chi connectivity index (χ0) is 19.3. The van der Waals surface area contributed by atoms with Crippen molar-refractivity contribution in [3.8, 4) is 0 Å². The second-order valence-corrected chi connectivity index (χ2v) is 6.57. The molecule has 0 radical (unpaired) electrons. The summed E-state index contributed by atoms with van der Waals surface area (Å²) in [7, 11) is 1.66. The van der Waals surface area contributed by atoms with Crippen LogP contribution in [0.25, 0.3) is 0 Å². The molecular weight excluding hydrogens is 357 g/mol. The SMILES string of the molecule is Cc1cccc(C)c1NC(=O)CN(C)CC(=O)Nc1ccc(F)cc1Cl. The van der Waals surface area contributed by atoms with Crippen LogP contribution in [0.3, 0.4) is 0 Å². The predicted octanol–water partition coefficient (Wildman–Crippen LogP) is 3.60. The van der Waals surface area contributed by atoms with E-state index in [0.717, 1.165) is 22.9 Å². The molecule has 0 bridgehead atoms. The maximum atomic E-state index is 13.0. The van der Waals surface area contributed by atoms with Gasteiger partial charge in [0.05, 0.1) is 23.8 Å². The van der Waals surface area contributed by atoms with Crippen molar-refractivity contribution < 1.29 is 14.0 Å². The van der Waals surface area contributed by atoms with Crippen LogP contribution in [-0.4, -0.2) is 36.9 Å². The van der Waals surface area contributed by atoms with Crippen molar-refractivity contribution >= 4 is 34.8 Å². The van der Waals surface area contributed by atoms with Gasteiger partial charge in [0.2, 0.25) is 11.8 Å². The number of para-hydroxylation sites is 1. The van der Waals surface area contributed by atoms with Crippen LogP contribution in [0.1, 0.15) is 11.1 Å². The highest BCUT2D eigenvalue weighted by Gasteiger charge is 2.14. The van der Waals surface area contributed by atoms with E-state index < -0.39 is 5.82 Å². The molecule has 0 unspecified atom stereocenters. The summed E-state index contributed by atoms with van der Waals surface area (Å²) >= 11 is 5.88. The first-order valence-electron chi connectivity index (χ1n) is 8.06. The molecule has 0 aliphatic heterocycles. The van der Waals surface area contributed by atoms with Gasteiger partial charge < -0.3 is 10.6 Å². The van der Waals surface area contributed by atoms with Crippen molar-refractivity contribution in [2.24, 2.45) is 0 Å². The Labute approximate surface area is 157 Å². The number of benzene rings is 2. The summed E-state index contributed by atoms with van der Waals surface area (Å²) in [5.41, 5.74) is 3.06. The molecule has 0 spiro atoms. The Morgan fingerprint density at radius 1 is 1.04 bits per heavy atom. The number of nitrogens with one attached hydrogen (secondary N) is 2. The van der Waals surface area contributed by atoms with Crippen LogP contribution >= 0.6 is 11.6 Å². The number of aryl methyl sites for hydroxylation is 2. The summed E-state index contributed by atoms with van der Waals surface area (Å²) in [6, 6.07) is 9.50. The Hall–Kier alpha value is -2.44. The zero-order valence-corrected chi connectivity index (χ0v) is 15.7. The van der Waals surface area contributed by atoms with Crippen molar-refractivity contribution in [1.82, 2.24) is 4.90 Å². The third-order valence-electron chi connectivity index (χ3n) is 3.78. The van der Waals surface area contributed by atoms with Gasteiger partial charge in [-0.1, -0.05) is 29.8 Å². The molecule has 0 heterocycles.